The van der Waals surface area contributed by atoms with Crippen molar-refractivity contribution < 1.29 is 9.90 Å². The third-order valence-corrected chi connectivity index (χ3v) is 2.49. The summed E-state index contributed by atoms with van der Waals surface area (Å²) in [5.41, 5.74) is 1.12. The van der Waals surface area contributed by atoms with E-state index in [4.69, 9.17) is 16.7 Å². The first-order chi connectivity index (χ1) is 7.66. The predicted octanol–water partition coefficient (Wildman–Crippen LogP) is 2.63. The van der Waals surface area contributed by atoms with E-state index in [2.05, 4.69) is 0 Å². The molecule has 0 saturated heterocycles. The number of phenolic OH excluding ortho intramolecular Hbond substituents is 1. The molecule has 2 aromatic rings. The Morgan fingerprint density at radius 1 is 0.882 bits per heavy atom. The third-order valence-electron chi connectivity index (χ3n) is 2.24. The summed E-state index contributed by atoms with van der Waals surface area (Å²) in [6.45, 7) is 0. The molecule has 0 unspecified atom stereocenters. The Bertz CT molecular complexity index is 458. The van der Waals surface area contributed by atoms with Crippen LogP contribution in [0.5, 0.6) is 5.75 Å². The first-order valence-electron chi connectivity index (χ1n) is 4.76. The normalized spacial score (nSPS) is 9.47. The van der Waals surface area contributed by atoms with Crippen molar-refractivity contribution >= 4 is 68.8 Å². The van der Waals surface area contributed by atoms with E-state index in [0.717, 1.165) is 0 Å². The molecule has 0 bridgehead atoms. The third kappa shape index (κ3) is 3.91. The Morgan fingerprint density at radius 3 is 1.76 bits per heavy atom. The van der Waals surface area contributed by atoms with Crippen LogP contribution in [0, 0.1) is 0 Å². The Labute approximate surface area is 147 Å². The van der Waals surface area contributed by atoms with Gasteiger partial charge < -0.3 is 5.11 Å². The molecule has 0 atom stereocenters. The summed E-state index contributed by atoms with van der Waals surface area (Å²) < 4.78 is 0. The van der Waals surface area contributed by atoms with Crippen LogP contribution in [-0.2, 0) is 0 Å². The van der Waals surface area contributed by atoms with Crippen molar-refractivity contribution in [1.82, 2.24) is 0 Å². The van der Waals surface area contributed by atoms with Crippen LogP contribution in [0.3, 0.4) is 0 Å². The molecular formula is C13H10ClKO2. The van der Waals surface area contributed by atoms with Crippen molar-refractivity contribution in [3.8, 4) is 5.75 Å². The summed E-state index contributed by atoms with van der Waals surface area (Å²) in [5.74, 6) is 0.0596. The van der Waals surface area contributed by atoms with Crippen molar-refractivity contribution in [3.63, 3.8) is 0 Å². The van der Waals surface area contributed by atoms with Crippen LogP contribution in [-0.4, -0.2) is 62.3 Å². The Kier molecular flexibility index (Phi) is 5.86. The van der Waals surface area contributed by atoms with Crippen molar-refractivity contribution in [3.05, 3.63) is 64.7 Å². The van der Waals surface area contributed by atoms with E-state index in [9.17, 15) is 4.79 Å². The van der Waals surface area contributed by atoms with Crippen LogP contribution >= 0.6 is 11.6 Å². The SMILES string of the molecule is O=C(c1ccc(O)cc1)c1ccc(Cl)cc1.[KH]. The molecule has 2 nitrogen and oxygen atoms in total. The fraction of sp³-hybridized carbons (Fsp3) is 0. The maximum absolute atomic E-state index is 11.9. The summed E-state index contributed by atoms with van der Waals surface area (Å²) >= 11 is 5.74. The molecule has 0 spiro atoms. The van der Waals surface area contributed by atoms with E-state index in [1.165, 1.54) is 12.1 Å². The van der Waals surface area contributed by atoms with E-state index in [-0.39, 0.29) is 62.9 Å². The number of carbonyl (C=O) groups excluding carboxylic acids is 1. The fourth-order valence-electron chi connectivity index (χ4n) is 1.38. The number of halogens is 1. The Morgan fingerprint density at radius 2 is 1.29 bits per heavy atom. The topological polar surface area (TPSA) is 37.3 Å². The minimum absolute atomic E-state index is 0. The second-order valence-corrected chi connectivity index (χ2v) is 3.82. The number of aromatic hydroxyl groups is 1. The molecule has 0 aliphatic carbocycles. The molecule has 17 heavy (non-hydrogen) atoms. The van der Waals surface area contributed by atoms with Crippen molar-refractivity contribution in [1.29, 1.82) is 0 Å². The Hall–Kier alpha value is -0.164. The van der Waals surface area contributed by atoms with Crippen LogP contribution in [0.1, 0.15) is 15.9 Å². The van der Waals surface area contributed by atoms with Gasteiger partial charge in [-0.2, -0.15) is 0 Å². The van der Waals surface area contributed by atoms with Gasteiger partial charge in [0.2, 0.25) is 0 Å². The van der Waals surface area contributed by atoms with E-state index >= 15 is 0 Å². The van der Waals surface area contributed by atoms with Crippen molar-refractivity contribution in [2.24, 2.45) is 0 Å². The molecule has 82 valence electrons. The van der Waals surface area contributed by atoms with Crippen LogP contribution in [0.15, 0.2) is 48.5 Å². The molecule has 4 heteroatoms. The van der Waals surface area contributed by atoms with E-state index in [1.807, 2.05) is 0 Å². The van der Waals surface area contributed by atoms with Crippen LogP contribution in [0.4, 0.5) is 0 Å². The number of hydrogen-bond acceptors (Lipinski definition) is 2. The average molecular weight is 273 g/mol. The number of hydrogen-bond donors (Lipinski definition) is 1. The summed E-state index contributed by atoms with van der Waals surface area (Å²) in [6, 6.07) is 12.9. The molecule has 0 fully saturated rings. The average Bonchev–Trinajstić information content (AvgIpc) is 2.30. The van der Waals surface area contributed by atoms with Gasteiger partial charge in [0, 0.05) is 16.1 Å². The quantitative estimate of drug-likeness (QED) is 0.674. The zero-order chi connectivity index (χ0) is 11.5. The van der Waals surface area contributed by atoms with Crippen molar-refractivity contribution in [2.75, 3.05) is 0 Å². The zero-order valence-electron chi connectivity index (χ0n) is 8.35. The van der Waals surface area contributed by atoms with Crippen LogP contribution in [0.25, 0.3) is 0 Å². The van der Waals surface area contributed by atoms with Gasteiger partial charge in [0.05, 0.1) is 0 Å². The summed E-state index contributed by atoms with van der Waals surface area (Å²) in [6.07, 6.45) is 0. The van der Waals surface area contributed by atoms with Gasteiger partial charge in [-0.15, -0.1) is 0 Å². The van der Waals surface area contributed by atoms with Gasteiger partial charge in [-0.05, 0) is 48.5 Å². The molecule has 2 aromatic carbocycles. The first kappa shape index (κ1) is 14.9. The summed E-state index contributed by atoms with van der Waals surface area (Å²) in [7, 11) is 0. The molecule has 0 aliphatic heterocycles. The zero-order valence-corrected chi connectivity index (χ0v) is 9.11. The molecule has 0 heterocycles. The van der Waals surface area contributed by atoms with Crippen LogP contribution < -0.4 is 0 Å². The van der Waals surface area contributed by atoms with Crippen LogP contribution in [0.2, 0.25) is 5.02 Å². The number of carbonyl (C=O) groups is 1. The number of benzene rings is 2. The monoisotopic (exact) mass is 272 g/mol. The summed E-state index contributed by atoms with van der Waals surface area (Å²) in [4.78, 5) is 11.9. The molecule has 0 amide bonds. The first-order valence-corrected chi connectivity index (χ1v) is 5.14. The van der Waals surface area contributed by atoms with E-state index in [1.54, 1.807) is 36.4 Å². The van der Waals surface area contributed by atoms with Crippen molar-refractivity contribution in [2.45, 2.75) is 0 Å². The molecule has 0 aliphatic rings. The maximum atomic E-state index is 11.9. The molecule has 0 aromatic heterocycles. The number of phenols is 1. The number of rotatable bonds is 2. The number of ketones is 1. The van der Waals surface area contributed by atoms with Gasteiger partial charge in [-0.25, -0.2) is 0 Å². The molecule has 0 saturated carbocycles. The fourth-order valence-corrected chi connectivity index (χ4v) is 1.51. The van der Waals surface area contributed by atoms with Gasteiger partial charge in [-0.1, -0.05) is 11.6 Å². The Balaban J connectivity index is 0.00000144. The van der Waals surface area contributed by atoms with Gasteiger partial charge in [-0.3, -0.25) is 4.79 Å². The molecule has 2 rings (SSSR count). The predicted molar refractivity (Wildman–Crippen MR) is 70.1 cm³/mol. The second kappa shape index (κ2) is 6.68. The van der Waals surface area contributed by atoms with Gasteiger partial charge in [0.25, 0.3) is 0 Å². The minimum atomic E-state index is -0.0864. The van der Waals surface area contributed by atoms with E-state index in [0.29, 0.717) is 16.1 Å². The summed E-state index contributed by atoms with van der Waals surface area (Å²) in [5, 5.41) is 9.72. The standard InChI is InChI=1S/C13H9ClO2.K.H/c14-11-5-1-9(2-6-11)13(16)10-3-7-12(15)8-4-10;;/h1-8,15H;;. The van der Waals surface area contributed by atoms with Gasteiger partial charge in [0.15, 0.2) is 5.78 Å². The second-order valence-electron chi connectivity index (χ2n) is 3.38. The van der Waals surface area contributed by atoms with E-state index < -0.39 is 0 Å². The van der Waals surface area contributed by atoms with Gasteiger partial charge in [0.1, 0.15) is 5.75 Å². The molecule has 0 radical (unpaired) electrons. The van der Waals surface area contributed by atoms with Gasteiger partial charge >= 0.3 is 51.4 Å². The molecular weight excluding hydrogens is 263 g/mol. The molecule has 1 N–H and O–H groups in total.